The third-order valence-corrected chi connectivity index (χ3v) is 3.01. The van der Waals surface area contributed by atoms with Gasteiger partial charge in [-0.25, -0.2) is 0 Å². The first-order valence-electron chi connectivity index (χ1n) is 6.30. The van der Waals surface area contributed by atoms with E-state index in [1.807, 2.05) is 42.5 Å². The van der Waals surface area contributed by atoms with Crippen LogP contribution in [-0.4, -0.2) is 12.7 Å². The highest BCUT2D eigenvalue weighted by Crippen LogP contribution is 2.21. The van der Waals surface area contributed by atoms with Crippen LogP contribution < -0.4 is 5.32 Å². The fourth-order valence-corrected chi connectivity index (χ4v) is 2.08. The zero-order valence-electron chi connectivity index (χ0n) is 10.5. The SMILES string of the molecule is FC(F)(F)CCCNCc1cccc2ccccc12. The first kappa shape index (κ1) is 13.9. The highest BCUT2D eigenvalue weighted by atomic mass is 19.4. The van der Waals surface area contributed by atoms with Crippen LogP contribution in [0.2, 0.25) is 0 Å². The standard InChI is InChI=1S/C15H16F3N/c16-15(17,18)9-4-10-19-11-13-7-3-6-12-5-1-2-8-14(12)13/h1-3,5-8,19H,4,9-11H2. The van der Waals surface area contributed by atoms with E-state index in [-0.39, 0.29) is 6.42 Å². The van der Waals surface area contributed by atoms with Gasteiger partial charge in [0, 0.05) is 13.0 Å². The minimum atomic E-state index is -4.05. The summed E-state index contributed by atoms with van der Waals surface area (Å²) in [5.74, 6) is 0. The Morgan fingerprint density at radius 3 is 2.47 bits per heavy atom. The first-order chi connectivity index (χ1) is 9.06. The fourth-order valence-electron chi connectivity index (χ4n) is 2.08. The summed E-state index contributed by atoms with van der Waals surface area (Å²) in [7, 11) is 0. The van der Waals surface area contributed by atoms with E-state index in [0.29, 0.717) is 13.1 Å². The third-order valence-electron chi connectivity index (χ3n) is 3.01. The lowest BCUT2D eigenvalue weighted by Gasteiger charge is -2.09. The quantitative estimate of drug-likeness (QED) is 0.798. The van der Waals surface area contributed by atoms with Crippen LogP contribution in [0.25, 0.3) is 10.8 Å². The predicted octanol–water partition coefficient (Wildman–Crippen LogP) is 4.27. The Morgan fingerprint density at radius 1 is 0.947 bits per heavy atom. The van der Waals surface area contributed by atoms with Crippen LogP contribution in [0.1, 0.15) is 18.4 Å². The maximum atomic E-state index is 12.0. The molecule has 0 heterocycles. The number of fused-ring (bicyclic) bond motifs is 1. The van der Waals surface area contributed by atoms with Crippen molar-refractivity contribution < 1.29 is 13.2 Å². The number of hydrogen-bond donors (Lipinski definition) is 1. The predicted molar refractivity (Wildman–Crippen MR) is 70.9 cm³/mol. The third kappa shape index (κ3) is 4.24. The zero-order valence-corrected chi connectivity index (χ0v) is 10.5. The topological polar surface area (TPSA) is 12.0 Å². The fraction of sp³-hybridized carbons (Fsp3) is 0.333. The maximum Gasteiger partial charge on any atom is 0.389 e. The molecule has 0 aliphatic carbocycles. The molecule has 0 spiro atoms. The highest BCUT2D eigenvalue weighted by Gasteiger charge is 2.25. The molecule has 0 aliphatic heterocycles. The summed E-state index contributed by atoms with van der Waals surface area (Å²) in [6.07, 6.45) is -4.66. The molecule has 0 radical (unpaired) electrons. The number of nitrogens with one attached hydrogen (secondary N) is 1. The van der Waals surface area contributed by atoms with E-state index in [4.69, 9.17) is 0 Å². The Morgan fingerprint density at radius 2 is 1.68 bits per heavy atom. The van der Waals surface area contributed by atoms with Crippen molar-refractivity contribution in [2.45, 2.75) is 25.6 Å². The summed E-state index contributed by atoms with van der Waals surface area (Å²) in [5, 5.41) is 5.36. The molecule has 0 unspecified atom stereocenters. The number of rotatable bonds is 5. The second kappa shape index (κ2) is 6.06. The summed E-state index contributed by atoms with van der Waals surface area (Å²) < 4.78 is 36.0. The minimum absolute atomic E-state index is 0.119. The second-order valence-corrected chi connectivity index (χ2v) is 4.53. The molecule has 0 fully saturated rings. The molecule has 0 saturated heterocycles. The van der Waals surface area contributed by atoms with Crippen LogP contribution in [0.3, 0.4) is 0 Å². The molecule has 0 aromatic heterocycles. The van der Waals surface area contributed by atoms with Gasteiger partial charge in [0.2, 0.25) is 0 Å². The number of halogens is 3. The van der Waals surface area contributed by atoms with E-state index < -0.39 is 12.6 Å². The van der Waals surface area contributed by atoms with Gasteiger partial charge in [-0.1, -0.05) is 42.5 Å². The van der Waals surface area contributed by atoms with E-state index in [1.165, 1.54) is 0 Å². The molecule has 2 rings (SSSR count). The summed E-state index contributed by atoms with van der Waals surface area (Å²) in [4.78, 5) is 0. The maximum absolute atomic E-state index is 12.0. The molecule has 0 amide bonds. The molecule has 4 heteroatoms. The lowest BCUT2D eigenvalue weighted by molar-refractivity contribution is -0.135. The van der Waals surface area contributed by atoms with Crippen LogP contribution in [0.5, 0.6) is 0 Å². The Kier molecular flexibility index (Phi) is 4.43. The Balaban J connectivity index is 1.88. The summed E-state index contributed by atoms with van der Waals surface area (Å²) in [6, 6.07) is 14.0. The minimum Gasteiger partial charge on any atom is -0.313 e. The van der Waals surface area contributed by atoms with Crippen LogP contribution in [0, 0.1) is 0 Å². The van der Waals surface area contributed by atoms with Crippen molar-refractivity contribution in [3.63, 3.8) is 0 Å². The lowest BCUT2D eigenvalue weighted by atomic mass is 10.0. The molecule has 1 N–H and O–H groups in total. The van der Waals surface area contributed by atoms with E-state index in [9.17, 15) is 13.2 Å². The molecule has 1 nitrogen and oxygen atoms in total. The second-order valence-electron chi connectivity index (χ2n) is 4.53. The molecule has 0 atom stereocenters. The van der Waals surface area contributed by atoms with Crippen molar-refractivity contribution in [3.8, 4) is 0 Å². The van der Waals surface area contributed by atoms with Crippen LogP contribution in [0.4, 0.5) is 13.2 Å². The first-order valence-corrected chi connectivity index (χ1v) is 6.30. The Hall–Kier alpha value is -1.55. The number of benzene rings is 2. The zero-order chi connectivity index (χ0) is 13.7. The molecular weight excluding hydrogens is 251 g/mol. The molecule has 19 heavy (non-hydrogen) atoms. The van der Waals surface area contributed by atoms with Gasteiger partial charge in [0.05, 0.1) is 0 Å². The largest absolute Gasteiger partial charge is 0.389 e. The van der Waals surface area contributed by atoms with Gasteiger partial charge < -0.3 is 5.32 Å². The van der Waals surface area contributed by atoms with Gasteiger partial charge in [-0.2, -0.15) is 13.2 Å². The van der Waals surface area contributed by atoms with Crippen molar-refractivity contribution in [2.24, 2.45) is 0 Å². The van der Waals surface area contributed by atoms with Gasteiger partial charge in [0.1, 0.15) is 0 Å². The van der Waals surface area contributed by atoms with Crippen LogP contribution in [-0.2, 0) is 6.54 Å². The Bertz CT molecular complexity index is 529. The van der Waals surface area contributed by atoms with Gasteiger partial charge in [0.25, 0.3) is 0 Å². The van der Waals surface area contributed by atoms with Gasteiger partial charge in [-0.05, 0) is 29.3 Å². The van der Waals surface area contributed by atoms with Gasteiger partial charge >= 0.3 is 6.18 Å². The van der Waals surface area contributed by atoms with Crippen LogP contribution >= 0.6 is 0 Å². The molecule has 0 bridgehead atoms. The van der Waals surface area contributed by atoms with E-state index in [1.54, 1.807) is 0 Å². The van der Waals surface area contributed by atoms with E-state index in [2.05, 4.69) is 5.32 Å². The van der Waals surface area contributed by atoms with Crippen molar-refractivity contribution in [1.82, 2.24) is 5.32 Å². The average Bonchev–Trinajstić information content (AvgIpc) is 2.37. The molecule has 102 valence electrons. The van der Waals surface area contributed by atoms with E-state index >= 15 is 0 Å². The van der Waals surface area contributed by atoms with Crippen molar-refractivity contribution in [1.29, 1.82) is 0 Å². The van der Waals surface area contributed by atoms with Crippen LogP contribution in [0.15, 0.2) is 42.5 Å². The van der Waals surface area contributed by atoms with E-state index in [0.717, 1.165) is 16.3 Å². The number of hydrogen-bond acceptors (Lipinski definition) is 1. The van der Waals surface area contributed by atoms with Crippen molar-refractivity contribution in [2.75, 3.05) is 6.54 Å². The Labute approximate surface area is 110 Å². The van der Waals surface area contributed by atoms with Crippen molar-refractivity contribution >= 4 is 10.8 Å². The summed E-state index contributed by atoms with van der Waals surface area (Å²) in [5.41, 5.74) is 1.12. The summed E-state index contributed by atoms with van der Waals surface area (Å²) in [6.45, 7) is 0.974. The van der Waals surface area contributed by atoms with Gasteiger partial charge in [-0.3, -0.25) is 0 Å². The number of alkyl halides is 3. The molecular formula is C15H16F3N. The highest BCUT2D eigenvalue weighted by molar-refractivity contribution is 5.85. The van der Waals surface area contributed by atoms with Gasteiger partial charge in [0.15, 0.2) is 0 Å². The molecule has 2 aromatic carbocycles. The summed E-state index contributed by atoms with van der Waals surface area (Å²) >= 11 is 0. The van der Waals surface area contributed by atoms with Crippen molar-refractivity contribution in [3.05, 3.63) is 48.0 Å². The normalized spacial score (nSPS) is 11.9. The monoisotopic (exact) mass is 267 g/mol. The van der Waals surface area contributed by atoms with Gasteiger partial charge in [-0.15, -0.1) is 0 Å². The smallest absolute Gasteiger partial charge is 0.313 e. The lowest BCUT2D eigenvalue weighted by Crippen LogP contribution is -2.17. The average molecular weight is 267 g/mol. The molecule has 0 saturated carbocycles. The molecule has 2 aromatic rings. The molecule has 0 aliphatic rings.